The maximum Gasteiger partial charge on any atom is 0.189 e. The number of carbonyl (C=O) groups is 1. The lowest BCUT2D eigenvalue weighted by atomic mass is 9.86. The first-order valence-corrected chi connectivity index (χ1v) is 6.75. The lowest BCUT2D eigenvalue weighted by Gasteiger charge is -2.18. The van der Waals surface area contributed by atoms with Crippen molar-refractivity contribution in [3.8, 4) is 5.75 Å². The maximum atomic E-state index is 12.6. The van der Waals surface area contributed by atoms with Crippen molar-refractivity contribution < 1.29 is 9.53 Å². The van der Waals surface area contributed by atoms with Gasteiger partial charge in [-0.3, -0.25) is 4.79 Å². The lowest BCUT2D eigenvalue weighted by Crippen LogP contribution is -2.14. The number of carbonyl (C=O) groups excluding carboxylic acids is 1. The minimum atomic E-state index is 0.119. The van der Waals surface area contributed by atoms with E-state index < -0.39 is 0 Å². The largest absolute Gasteiger partial charge is 0.497 e. The number of hydrogen-bond acceptors (Lipinski definition) is 2. The topological polar surface area (TPSA) is 26.3 Å². The fraction of sp³-hybridized carbons (Fsp3) is 0.167. The summed E-state index contributed by atoms with van der Waals surface area (Å²) >= 11 is 0. The van der Waals surface area contributed by atoms with E-state index in [1.54, 1.807) is 7.11 Å². The number of ketones is 1. The average Bonchev–Trinajstić information content (AvgIpc) is 2.51. The van der Waals surface area contributed by atoms with Gasteiger partial charge in [0.1, 0.15) is 5.75 Å². The molecule has 1 aliphatic carbocycles. The van der Waals surface area contributed by atoms with E-state index in [1.165, 1.54) is 0 Å². The van der Waals surface area contributed by atoms with Gasteiger partial charge in [-0.15, -0.1) is 0 Å². The number of benzene rings is 2. The summed E-state index contributed by atoms with van der Waals surface area (Å²) in [5, 5.41) is 0. The molecule has 0 fully saturated rings. The van der Waals surface area contributed by atoms with E-state index in [1.807, 2.05) is 54.6 Å². The summed E-state index contributed by atoms with van der Waals surface area (Å²) < 4.78 is 5.21. The van der Waals surface area contributed by atoms with Crippen LogP contribution in [-0.4, -0.2) is 12.9 Å². The Morgan fingerprint density at radius 3 is 2.60 bits per heavy atom. The molecule has 100 valence electrons. The van der Waals surface area contributed by atoms with Crippen molar-refractivity contribution in [2.45, 2.75) is 12.8 Å². The van der Waals surface area contributed by atoms with Crippen LogP contribution in [-0.2, 0) is 6.42 Å². The van der Waals surface area contributed by atoms with Gasteiger partial charge in [0.05, 0.1) is 7.11 Å². The van der Waals surface area contributed by atoms with E-state index in [4.69, 9.17) is 4.74 Å². The number of Topliss-reactive ketones (excluding diaryl/α,β-unsaturated/α-hetero) is 1. The average molecular weight is 264 g/mol. The third-order valence-electron chi connectivity index (χ3n) is 3.66. The van der Waals surface area contributed by atoms with Crippen molar-refractivity contribution in [2.75, 3.05) is 7.11 Å². The number of aryl methyl sites for hydroxylation is 1. The molecule has 2 aromatic carbocycles. The van der Waals surface area contributed by atoms with Crippen LogP contribution in [0.15, 0.2) is 54.1 Å². The van der Waals surface area contributed by atoms with Crippen molar-refractivity contribution in [3.63, 3.8) is 0 Å². The van der Waals surface area contributed by atoms with Crippen LogP contribution in [0.5, 0.6) is 5.75 Å². The molecule has 0 aromatic heterocycles. The minimum Gasteiger partial charge on any atom is -0.497 e. The zero-order valence-electron chi connectivity index (χ0n) is 11.4. The van der Waals surface area contributed by atoms with Gasteiger partial charge < -0.3 is 4.74 Å². The number of fused-ring (bicyclic) bond motifs is 1. The fourth-order valence-corrected chi connectivity index (χ4v) is 2.56. The maximum absolute atomic E-state index is 12.6. The van der Waals surface area contributed by atoms with Crippen LogP contribution in [0.3, 0.4) is 0 Å². The summed E-state index contributed by atoms with van der Waals surface area (Å²) in [5.74, 6) is 0.854. The molecule has 0 heterocycles. The van der Waals surface area contributed by atoms with Gasteiger partial charge in [-0.25, -0.2) is 0 Å². The summed E-state index contributed by atoms with van der Waals surface area (Å²) in [6.07, 6.45) is 3.70. The van der Waals surface area contributed by atoms with E-state index in [0.717, 1.165) is 40.9 Å². The van der Waals surface area contributed by atoms with E-state index in [2.05, 4.69) is 0 Å². The third-order valence-corrected chi connectivity index (χ3v) is 3.66. The standard InChI is InChI=1S/C18H16O2/c1-20-16-10-9-14-7-8-15(18(19)17(14)12-16)11-13-5-3-2-4-6-13/h2-6,9-12H,7-8H2,1H3/b15-11+. The van der Waals surface area contributed by atoms with Gasteiger partial charge >= 0.3 is 0 Å². The second kappa shape index (κ2) is 5.33. The minimum absolute atomic E-state index is 0.119. The quantitative estimate of drug-likeness (QED) is 0.769. The molecule has 3 rings (SSSR count). The number of allylic oxidation sites excluding steroid dienone is 1. The zero-order valence-corrected chi connectivity index (χ0v) is 11.4. The van der Waals surface area contributed by atoms with E-state index in [0.29, 0.717) is 0 Å². The first kappa shape index (κ1) is 12.7. The second-order valence-electron chi connectivity index (χ2n) is 4.93. The summed E-state index contributed by atoms with van der Waals surface area (Å²) in [6.45, 7) is 0. The Balaban J connectivity index is 1.98. The number of rotatable bonds is 2. The number of ether oxygens (including phenoxy) is 1. The molecule has 2 heteroatoms. The predicted molar refractivity (Wildman–Crippen MR) is 80.1 cm³/mol. The summed E-state index contributed by atoms with van der Waals surface area (Å²) in [6, 6.07) is 15.7. The highest BCUT2D eigenvalue weighted by Gasteiger charge is 2.22. The lowest BCUT2D eigenvalue weighted by molar-refractivity contribution is 0.102. The van der Waals surface area contributed by atoms with Gasteiger partial charge in [0.15, 0.2) is 5.78 Å². The number of hydrogen-bond donors (Lipinski definition) is 0. The Labute approximate surface area is 118 Å². The van der Waals surface area contributed by atoms with Crippen LogP contribution >= 0.6 is 0 Å². The normalized spacial score (nSPS) is 16.1. The Bertz CT molecular complexity index is 669. The molecule has 0 bridgehead atoms. The molecule has 2 nitrogen and oxygen atoms in total. The van der Waals surface area contributed by atoms with E-state index >= 15 is 0 Å². The van der Waals surface area contributed by atoms with E-state index in [-0.39, 0.29) is 5.78 Å². The zero-order chi connectivity index (χ0) is 13.9. The summed E-state index contributed by atoms with van der Waals surface area (Å²) in [4.78, 5) is 12.6. The highest BCUT2D eigenvalue weighted by molar-refractivity contribution is 6.13. The van der Waals surface area contributed by atoms with Crippen LogP contribution in [0.4, 0.5) is 0 Å². The third kappa shape index (κ3) is 2.37. The van der Waals surface area contributed by atoms with Gasteiger partial charge in [-0.1, -0.05) is 36.4 Å². The van der Waals surface area contributed by atoms with Crippen LogP contribution in [0.1, 0.15) is 27.9 Å². The molecular weight excluding hydrogens is 248 g/mol. The number of methoxy groups -OCH3 is 1. The molecule has 0 amide bonds. The van der Waals surface area contributed by atoms with Crippen LogP contribution < -0.4 is 4.74 Å². The molecule has 0 aliphatic heterocycles. The molecule has 0 radical (unpaired) electrons. The van der Waals surface area contributed by atoms with Crippen LogP contribution in [0, 0.1) is 0 Å². The molecule has 20 heavy (non-hydrogen) atoms. The molecule has 0 spiro atoms. The highest BCUT2D eigenvalue weighted by atomic mass is 16.5. The molecule has 0 atom stereocenters. The van der Waals surface area contributed by atoms with Gasteiger partial charge in [-0.05, 0) is 42.2 Å². The monoisotopic (exact) mass is 264 g/mol. The van der Waals surface area contributed by atoms with Gasteiger partial charge in [0.2, 0.25) is 0 Å². The predicted octanol–water partition coefficient (Wildman–Crippen LogP) is 3.91. The Morgan fingerprint density at radius 1 is 1.05 bits per heavy atom. The molecule has 0 N–H and O–H groups in total. The fourth-order valence-electron chi connectivity index (χ4n) is 2.56. The van der Waals surface area contributed by atoms with Crippen molar-refractivity contribution in [2.24, 2.45) is 0 Å². The Kier molecular flexibility index (Phi) is 3.38. The van der Waals surface area contributed by atoms with Gasteiger partial charge in [-0.2, -0.15) is 0 Å². The van der Waals surface area contributed by atoms with Crippen molar-refractivity contribution in [3.05, 3.63) is 70.8 Å². The summed E-state index contributed by atoms with van der Waals surface area (Å²) in [7, 11) is 1.62. The molecule has 0 saturated carbocycles. The van der Waals surface area contributed by atoms with Gasteiger partial charge in [0.25, 0.3) is 0 Å². The molecule has 2 aromatic rings. The SMILES string of the molecule is COc1ccc2c(c1)C(=O)/C(=C/c1ccccc1)CC2. The van der Waals surface area contributed by atoms with Gasteiger partial charge in [0, 0.05) is 11.1 Å². The smallest absolute Gasteiger partial charge is 0.189 e. The molecule has 0 unspecified atom stereocenters. The Morgan fingerprint density at radius 2 is 1.85 bits per heavy atom. The first-order valence-electron chi connectivity index (χ1n) is 6.75. The first-order chi connectivity index (χ1) is 9.78. The van der Waals surface area contributed by atoms with Crippen molar-refractivity contribution in [1.82, 2.24) is 0 Å². The molecule has 1 aliphatic rings. The molecular formula is C18H16O2. The van der Waals surface area contributed by atoms with E-state index in [9.17, 15) is 4.79 Å². The van der Waals surface area contributed by atoms with Crippen molar-refractivity contribution >= 4 is 11.9 Å². The Hall–Kier alpha value is -2.35. The second-order valence-corrected chi connectivity index (χ2v) is 4.93. The van der Waals surface area contributed by atoms with Crippen molar-refractivity contribution in [1.29, 1.82) is 0 Å². The molecule has 0 saturated heterocycles. The van der Waals surface area contributed by atoms with Crippen LogP contribution in [0.2, 0.25) is 0 Å². The highest BCUT2D eigenvalue weighted by Crippen LogP contribution is 2.29. The summed E-state index contributed by atoms with van der Waals surface area (Å²) in [5.41, 5.74) is 3.83. The van der Waals surface area contributed by atoms with Crippen LogP contribution in [0.25, 0.3) is 6.08 Å².